The predicted molar refractivity (Wildman–Crippen MR) is 64.9 cm³/mol. The third kappa shape index (κ3) is 3.45. The Morgan fingerprint density at radius 3 is 2.36 bits per heavy atom. The largest absolute Gasteiger partial charge is 0.387 e. The minimum absolute atomic E-state index is 0.472. The van der Waals surface area contributed by atoms with E-state index in [1.165, 1.54) is 0 Å². The first-order valence-electron chi connectivity index (χ1n) is 4.17. The second-order valence-electron chi connectivity index (χ2n) is 2.85. The Bertz CT molecular complexity index is 356. The highest BCUT2D eigenvalue weighted by Crippen LogP contribution is 2.25. The number of aliphatic hydroxyl groups excluding tert-OH is 1. The van der Waals surface area contributed by atoms with E-state index in [4.69, 9.17) is 0 Å². The normalized spacial score (nSPS) is 11.7. The van der Waals surface area contributed by atoms with Crippen molar-refractivity contribution < 1.29 is 5.11 Å². The lowest BCUT2D eigenvalue weighted by molar-refractivity contribution is 0.184. The fourth-order valence-electron chi connectivity index (χ4n) is 1.08. The van der Waals surface area contributed by atoms with Gasteiger partial charge in [0.15, 0.2) is 0 Å². The van der Waals surface area contributed by atoms with Gasteiger partial charge in [-0.1, -0.05) is 31.9 Å². The highest BCUT2D eigenvalue weighted by Gasteiger charge is 2.07. The van der Waals surface area contributed by atoms with E-state index in [-0.39, 0.29) is 0 Å². The van der Waals surface area contributed by atoms with Gasteiger partial charge in [0.05, 0.1) is 6.10 Å². The zero-order chi connectivity index (χ0) is 10.6. The molecule has 0 aliphatic rings. The second-order valence-corrected chi connectivity index (χ2v) is 4.68. The minimum atomic E-state index is -0.517. The Kier molecular flexibility index (Phi) is 4.67. The van der Waals surface area contributed by atoms with Crippen LogP contribution in [0.25, 0.3) is 0 Å². The summed E-state index contributed by atoms with van der Waals surface area (Å²) in [4.78, 5) is 0. The molecule has 0 heterocycles. The summed E-state index contributed by atoms with van der Waals surface area (Å²) < 4.78 is 1.90. The van der Waals surface area contributed by atoms with Crippen LogP contribution in [-0.2, 0) is 0 Å². The van der Waals surface area contributed by atoms with E-state index in [2.05, 4.69) is 43.7 Å². The minimum Gasteiger partial charge on any atom is -0.387 e. The Hall–Kier alpha value is -0.300. The lowest BCUT2D eigenvalue weighted by Gasteiger charge is -2.08. The average molecular weight is 318 g/mol. The van der Waals surface area contributed by atoms with Crippen molar-refractivity contribution in [3.8, 4) is 11.8 Å². The number of hydrogen-bond donors (Lipinski definition) is 1. The molecule has 74 valence electrons. The van der Waals surface area contributed by atoms with Crippen LogP contribution in [0.4, 0.5) is 0 Å². The van der Waals surface area contributed by atoms with Crippen molar-refractivity contribution in [3.63, 3.8) is 0 Å². The van der Waals surface area contributed by atoms with Crippen LogP contribution in [0.2, 0.25) is 0 Å². The molecular formula is C11H10Br2O. The van der Waals surface area contributed by atoms with Gasteiger partial charge in [0.2, 0.25) is 0 Å². The zero-order valence-electron chi connectivity index (χ0n) is 7.72. The van der Waals surface area contributed by atoms with Gasteiger partial charge in [-0.05, 0) is 30.7 Å². The maximum absolute atomic E-state index is 9.76. The summed E-state index contributed by atoms with van der Waals surface area (Å²) in [5.74, 6) is 5.62. The SMILES string of the molecule is CC#CCC(O)c1cc(Br)cc(Br)c1. The first-order chi connectivity index (χ1) is 6.63. The number of benzene rings is 1. The van der Waals surface area contributed by atoms with E-state index in [0.717, 1.165) is 14.5 Å². The van der Waals surface area contributed by atoms with Gasteiger partial charge in [0, 0.05) is 15.4 Å². The summed E-state index contributed by atoms with van der Waals surface area (Å²) in [5.41, 5.74) is 0.869. The Balaban J connectivity index is 2.87. The zero-order valence-corrected chi connectivity index (χ0v) is 10.9. The van der Waals surface area contributed by atoms with E-state index in [1.54, 1.807) is 6.92 Å². The molecule has 0 bridgehead atoms. The van der Waals surface area contributed by atoms with Crippen molar-refractivity contribution in [3.05, 3.63) is 32.7 Å². The Morgan fingerprint density at radius 2 is 1.86 bits per heavy atom. The summed E-state index contributed by atoms with van der Waals surface area (Å²) in [5, 5.41) is 9.76. The van der Waals surface area contributed by atoms with Crippen LogP contribution in [-0.4, -0.2) is 5.11 Å². The molecule has 1 atom stereocenters. The quantitative estimate of drug-likeness (QED) is 0.825. The fourth-order valence-corrected chi connectivity index (χ4v) is 2.41. The van der Waals surface area contributed by atoms with Crippen LogP contribution in [0.15, 0.2) is 27.1 Å². The molecule has 0 radical (unpaired) electrons. The van der Waals surface area contributed by atoms with E-state index < -0.39 is 6.10 Å². The highest BCUT2D eigenvalue weighted by atomic mass is 79.9. The molecule has 14 heavy (non-hydrogen) atoms. The lowest BCUT2D eigenvalue weighted by Crippen LogP contribution is -1.95. The summed E-state index contributed by atoms with van der Waals surface area (Å²) in [6, 6.07) is 5.72. The molecule has 1 rings (SSSR count). The summed E-state index contributed by atoms with van der Waals surface area (Å²) in [7, 11) is 0. The lowest BCUT2D eigenvalue weighted by atomic mass is 10.1. The van der Waals surface area contributed by atoms with Crippen LogP contribution in [0.3, 0.4) is 0 Å². The third-order valence-corrected chi connectivity index (χ3v) is 2.66. The summed E-state index contributed by atoms with van der Waals surface area (Å²) in [6.45, 7) is 1.77. The molecule has 0 aliphatic carbocycles. The molecule has 1 aromatic carbocycles. The van der Waals surface area contributed by atoms with Crippen molar-refractivity contribution in [2.75, 3.05) is 0 Å². The molecule has 0 saturated carbocycles. The van der Waals surface area contributed by atoms with Gasteiger partial charge in [0.25, 0.3) is 0 Å². The standard InChI is InChI=1S/C11H10Br2O/c1-2-3-4-11(14)8-5-9(12)7-10(13)6-8/h5-7,11,14H,4H2,1H3. The van der Waals surface area contributed by atoms with Gasteiger partial charge in [-0.15, -0.1) is 11.8 Å². The first-order valence-corrected chi connectivity index (χ1v) is 5.75. The van der Waals surface area contributed by atoms with Gasteiger partial charge < -0.3 is 5.11 Å². The number of halogens is 2. The van der Waals surface area contributed by atoms with Crippen LogP contribution in [0, 0.1) is 11.8 Å². The number of aliphatic hydroxyl groups is 1. The number of hydrogen-bond acceptors (Lipinski definition) is 1. The van der Waals surface area contributed by atoms with E-state index in [0.29, 0.717) is 6.42 Å². The van der Waals surface area contributed by atoms with Crippen LogP contribution in [0.5, 0.6) is 0 Å². The third-order valence-electron chi connectivity index (χ3n) is 1.74. The first kappa shape index (κ1) is 11.8. The molecule has 1 aromatic rings. The van der Waals surface area contributed by atoms with Crippen molar-refractivity contribution in [1.29, 1.82) is 0 Å². The van der Waals surface area contributed by atoms with Crippen LogP contribution in [0.1, 0.15) is 25.0 Å². The molecule has 1 N–H and O–H groups in total. The molecule has 0 spiro atoms. The highest BCUT2D eigenvalue weighted by molar-refractivity contribution is 9.11. The van der Waals surface area contributed by atoms with Gasteiger partial charge in [0.1, 0.15) is 0 Å². The van der Waals surface area contributed by atoms with Crippen LogP contribution < -0.4 is 0 Å². The van der Waals surface area contributed by atoms with E-state index in [9.17, 15) is 5.11 Å². The predicted octanol–water partition coefficient (Wildman–Crippen LogP) is 3.66. The monoisotopic (exact) mass is 316 g/mol. The van der Waals surface area contributed by atoms with E-state index >= 15 is 0 Å². The molecule has 0 amide bonds. The van der Waals surface area contributed by atoms with Gasteiger partial charge in [-0.2, -0.15) is 0 Å². The summed E-state index contributed by atoms with van der Waals surface area (Å²) >= 11 is 6.74. The van der Waals surface area contributed by atoms with Gasteiger partial charge in [-0.3, -0.25) is 0 Å². The van der Waals surface area contributed by atoms with Crippen molar-refractivity contribution in [2.45, 2.75) is 19.4 Å². The maximum Gasteiger partial charge on any atom is 0.0899 e. The molecule has 1 nitrogen and oxygen atoms in total. The van der Waals surface area contributed by atoms with Crippen molar-refractivity contribution in [1.82, 2.24) is 0 Å². The van der Waals surface area contributed by atoms with Gasteiger partial charge in [-0.25, -0.2) is 0 Å². The molecule has 0 aromatic heterocycles. The van der Waals surface area contributed by atoms with Crippen LogP contribution >= 0.6 is 31.9 Å². The molecule has 1 unspecified atom stereocenters. The molecule has 3 heteroatoms. The maximum atomic E-state index is 9.76. The van der Waals surface area contributed by atoms with Crippen molar-refractivity contribution in [2.24, 2.45) is 0 Å². The Labute approximate surface area is 101 Å². The molecule has 0 aliphatic heterocycles. The van der Waals surface area contributed by atoms with Crippen molar-refractivity contribution >= 4 is 31.9 Å². The molecule has 0 saturated heterocycles. The van der Waals surface area contributed by atoms with E-state index in [1.807, 2.05) is 18.2 Å². The summed E-state index contributed by atoms with van der Waals surface area (Å²) in [6.07, 6.45) is -0.0457. The average Bonchev–Trinajstić information content (AvgIpc) is 2.12. The second kappa shape index (κ2) is 5.55. The fraction of sp³-hybridized carbons (Fsp3) is 0.273. The smallest absolute Gasteiger partial charge is 0.0899 e. The molecule has 0 fully saturated rings. The molecular weight excluding hydrogens is 308 g/mol. The number of rotatable bonds is 2. The Morgan fingerprint density at radius 1 is 1.29 bits per heavy atom. The topological polar surface area (TPSA) is 20.2 Å². The van der Waals surface area contributed by atoms with Gasteiger partial charge >= 0.3 is 0 Å².